The summed E-state index contributed by atoms with van der Waals surface area (Å²) in [5.74, 6) is -1.58. The van der Waals surface area contributed by atoms with Gasteiger partial charge < -0.3 is 34.5 Å². The normalized spacial score (nSPS) is 34.3. The topological polar surface area (TPSA) is 124 Å². The molecule has 1 unspecified atom stereocenters. The maximum atomic E-state index is 11.6. The number of aliphatic hydroxyl groups excluding tert-OH is 1. The lowest BCUT2D eigenvalue weighted by atomic mass is 9.95. The van der Waals surface area contributed by atoms with Gasteiger partial charge in [-0.05, 0) is 6.92 Å². The molecule has 3 N–H and O–H groups in total. The van der Waals surface area contributed by atoms with Crippen molar-refractivity contribution < 1.29 is 38.7 Å². The number of carbonyl (C=O) groups excluding carboxylic acids is 1. The number of rotatable bonds is 5. The summed E-state index contributed by atoms with van der Waals surface area (Å²) in [7, 11) is 0. The molecule has 2 aliphatic heterocycles. The monoisotopic (exact) mass is 381 g/mol. The van der Waals surface area contributed by atoms with Crippen molar-refractivity contribution in [3.63, 3.8) is 0 Å². The predicted molar refractivity (Wildman–Crippen MR) is 90.5 cm³/mol. The van der Waals surface area contributed by atoms with Crippen LogP contribution in [0.4, 0.5) is 0 Å². The zero-order valence-electron chi connectivity index (χ0n) is 15.0. The van der Waals surface area contributed by atoms with Gasteiger partial charge in [-0.25, -0.2) is 4.79 Å². The Bertz CT molecular complexity index is 669. The zero-order chi connectivity index (χ0) is 19.6. The van der Waals surface area contributed by atoms with Gasteiger partial charge in [-0.1, -0.05) is 30.3 Å². The molecule has 9 heteroatoms. The number of fused-ring (bicyclic) bond motifs is 1. The number of aliphatic hydroxyl groups is 1. The molecule has 0 aliphatic carbocycles. The molecule has 2 saturated heterocycles. The van der Waals surface area contributed by atoms with Gasteiger partial charge in [-0.3, -0.25) is 4.79 Å². The molecule has 1 aromatic carbocycles. The second kappa shape index (κ2) is 8.32. The van der Waals surface area contributed by atoms with E-state index in [1.807, 2.05) is 30.3 Å². The number of nitrogens with one attached hydrogen (secondary N) is 1. The van der Waals surface area contributed by atoms with E-state index in [1.54, 1.807) is 0 Å². The number of hydrogen-bond acceptors (Lipinski definition) is 7. The Morgan fingerprint density at radius 2 is 1.96 bits per heavy atom. The van der Waals surface area contributed by atoms with E-state index in [9.17, 15) is 19.8 Å². The third-order valence-corrected chi connectivity index (χ3v) is 4.51. The number of aliphatic carboxylic acids is 1. The van der Waals surface area contributed by atoms with Crippen molar-refractivity contribution in [2.45, 2.75) is 56.9 Å². The van der Waals surface area contributed by atoms with Crippen molar-refractivity contribution in [1.82, 2.24) is 5.32 Å². The van der Waals surface area contributed by atoms with E-state index >= 15 is 0 Å². The average molecular weight is 381 g/mol. The molecular weight excluding hydrogens is 358 g/mol. The second-order valence-corrected chi connectivity index (χ2v) is 6.55. The van der Waals surface area contributed by atoms with E-state index in [0.29, 0.717) is 0 Å². The Morgan fingerprint density at radius 1 is 1.26 bits per heavy atom. The molecule has 0 bridgehead atoms. The Kier molecular flexibility index (Phi) is 6.08. The SMILES string of the molecule is CC(=O)N[C@@H]1[C@@H](O[C@H](C)C(=O)O)[C@@H]2OC(c3ccccc3)OC[C@H]2O[C@@H]1O. The standard InChI is InChI=1S/C18H23NO8/c1-9(16(21)22)25-15-13(19-10(2)20)17(23)26-12-8-24-18(27-14(12)15)11-6-4-3-5-7-11/h3-7,9,12-15,17-18,23H,8H2,1-2H3,(H,19,20)(H,21,22)/t9-,12-,13-,14-,15-,17+,18?/m1/s1. The molecule has 148 valence electrons. The number of carboxylic acid groups (broad SMARTS) is 1. The molecule has 2 aliphatic rings. The molecule has 0 aromatic heterocycles. The van der Waals surface area contributed by atoms with Gasteiger partial charge in [0.25, 0.3) is 0 Å². The number of amides is 1. The fourth-order valence-electron chi connectivity index (χ4n) is 3.21. The molecule has 7 atom stereocenters. The van der Waals surface area contributed by atoms with E-state index < -0.39 is 54.9 Å². The van der Waals surface area contributed by atoms with Crippen LogP contribution in [0.2, 0.25) is 0 Å². The molecular formula is C18H23NO8. The number of carboxylic acids is 1. The van der Waals surface area contributed by atoms with Gasteiger partial charge in [0.15, 0.2) is 18.7 Å². The zero-order valence-corrected chi connectivity index (χ0v) is 15.0. The summed E-state index contributed by atoms with van der Waals surface area (Å²) in [5, 5.41) is 22.0. The minimum absolute atomic E-state index is 0.120. The van der Waals surface area contributed by atoms with Crippen LogP contribution in [-0.2, 0) is 28.5 Å². The first-order valence-electron chi connectivity index (χ1n) is 8.67. The minimum Gasteiger partial charge on any atom is -0.479 e. The summed E-state index contributed by atoms with van der Waals surface area (Å²) < 4.78 is 22.9. The fourth-order valence-corrected chi connectivity index (χ4v) is 3.21. The summed E-state index contributed by atoms with van der Waals surface area (Å²) in [6.07, 6.45) is -5.61. The van der Waals surface area contributed by atoms with Crippen molar-refractivity contribution in [3.8, 4) is 0 Å². The molecule has 0 radical (unpaired) electrons. The Labute approximate surface area is 156 Å². The maximum Gasteiger partial charge on any atom is 0.332 e. The van der Waals surface area contributed by atoms with Gasteiger partial charge >= 0.3 is 5.97 Å². The third kappa shape index (κ3) is 4.45. The van der Waals surface area contributed by atoms with Crippen LogP contribution in [0.1, 0.15) is 25.7 Å². The van der Waals surface area contributed by atoms with Crippen molar-refractivity contribution in [2.75, 3.05) is 6.61 Å². The summed E-state index contributed by atoms with van der Waals surface area (Å²) in [4.78, 5) is 22.8. The molecule has 0 spiro atoms. The highest BCUT2D eigenvalue weighted by atomic mass is 16.7. The molecule has 3 rings (SSSR count). The van der Waals surface area contributed by atoms with Crippen LogP contribution < -0.4 is 5.32 Å². The maximum absolute atomic E-state index is 11.6. The van der Waals surface area contributed by atoms with Crippen LogP contribution >= 0.6 is 0 Å². The molecule has 27 heavy (non-hydrogen) atoms. The highest BCUT2D eigenvalue weighted by Crippen LogP contribution is 2.35. The van der Waals surface area contributed by atoms with Gasteiger partial charge in [-0.2, -0.15) is 0 Å². The molecule has 9 nitrogen and oxygen atoms in total. The Hall–Kier alpha value is -2.04. The summed E-state index contributed by atoms with van der Waals surface area (Å²) in [6, 6.07) is 8.24. The lowest BCUT2D eigenvalue weighted by molar-refractivity contribution is -0.344. The Balaban J connectivity index is 1.85. The summed E-state index contributed by atoms with van der Waals surface area (Å²) >= 11 is 0. The van der Waals surface area contributed by atoms with Crippen LogP contribution in [0.15, 0.2) is 30.3 Å². The first-order chi connectivity index (χ1) is 12.9. The van der Waals surface area contributed by atoms with Crippen molar-refractivity contribution in [1.29, 1.82) is 0 Å². The molecule has 2 fully saturated rings. The summed E-state index contributed by atoms with van der Waals surface area (Å²) in [5.41, 5.74) is 0.781. The first kappa shape index (κ1) is 19.7. The van der Waals surface area contributed by atoms with Crippen LogP contribution in [0.25, 0.3) is 0 Å². The van der Waals surface area contributed by atoms with E-state index in [1.165, 1.54) is 13.8 Å². The van der Waals surface area contributed by atoms with Crippen LogP contribution in [0.5, 0.6) is 0 Å². The highest BCUT2D eigenvalue weighted by molar-refractivity contribution is 5.73. The smallest absolute Gasteiger partial charge is 0.332 e. The van der Waals surface area contributed by atoms with E-state index in [-0.39, 0.29) is 6.61 Å². The first-order valence-corrected chi connectivity index (χ1v) is 8.67. The van der Waals surface area contributed by atoms with Crippen LogP contribution in [-0.4, -0.2) is 65.4 Å². The van der Waals surface area contributed by atoms with Crippen molar-refractivity contribution in [2.24, 2.45) is 0 Å². The second-order valence-electron chi connectivity index (χ2n) is 6.55. The van der Waals surface area contributed by atoms with Crippen LogP contribution in [0.3, 0.4) is 0 Å². The quantitative estimate of drug-likeness (QED) is 0.660. The fraction of sp³-hybridized carbons (Fsp3) is 0.556. The number of ether oxygens (including phenoxy) is 4. The summed E-state index contributed by atoms with van der Waals surface area (Å²) in [6.45, 7) is 2.78. The molecule has 1 amide bonds. The van der Waals surface area contributed by atoms with E-state index in [0.717, 1.165) is 5.56 Å². The third-order valence-electron chi connectivity index (χ3n) is 4.51. The average Bonchev–Trinajstić information content (AvgIpc) is 2.64. The van der Waals surface area contributed by atoms with Gasteiger partial charge in [0, 0.05) is 12.5 Å². The van der Waals surface area contributed by atoms with Crippen molar-refractivity contribution >= 4 is 11.9 Å². The molecule has 0 saturated carbocycles. The van der Waals surface area contributed by atoms with Crippen LogP contribution in [0, 0.1) is 0 Å². The number of benzene rings is 1. The minimum atomic E-state index is -1.39. The molecule has 1 aromatic rings. The lowest BCUT2D eigenvalue weighted by Gasteiger charge is -2.48. The van der Waals surface area contributed by atoms with Gasteiger partial charge in [-0.15, -0.1) is 0 Å². The highest BCUT2D eigenvalue weighted by Gasteiger charge is 2.51. The predicted octanol–water partition coefficient (Wildman–Crippen LogP) is 0.181. The molecule has 2 heterocycles. The number of hydrogen-bond donors (Lipinski definition) is 3. The van der Waals surface area contributed by atoms with Crippen molar-refractivity contribution in [3.05, 3.63) is 35.9 Å². The van der Waals surface area contributed by atoms with Gasteiger partial charge in [0.2, 0.25) is 5.91 Å². The Morgan fingerprint density at radius 3 is 2.59 bits per heavy atom. The number of carbonyl (C=O) groups is 2. The van der Waals surface area contributed by atoms with Gasteiger partial charge in [0.1, 0.15) is 24.4 Å². The van der Waals surface area contributed by atoms with Gasteiger partial charge in [0.05, 0.1) is 6.61 Å². The lowest BCUT2D eigenvalue weighted by Crippen LogP contribution is -2.67. The van der Waals surface area contributed by atoms with E-state index in [4.69, 9.17) is 18.9 Å². The largest absolute Gasteiger partial charge is 0.479 e. The van der Waals surface area contributed by atoms with E-state index in [2.05, 4.69) is 5.32 Å².